The minimum atomic E-state index is 0.957. The van der Waals surface area contributed by atoms with Crippen molar-refractivity contribution in [3.63, 3.8) is 0 Å². The highest BCUT2D eigenvalue weighted by Gasteiger charge is 2.05. The Morgan fingerprint density at radius 2 is 1.67 bits per heavy atom. The Morgan fingerprint density at radius 1 is 0.905 bits per heavy atom. The third-order valence-corrected chi connectivity index (χ3v) is 3.62. The second-order valence-corrected chi connectivity index (χ2v) is 5.35. The summed E-state index contributed by atoms with van der Waals surface area (Å²) in [5, 5.41) is 3.46. The summed E-state index contributed by atoms with van der Waals surface area (Å²) >= 11 is 0. The molecule has 112 valence electrons. The summed E-state index contributed by atoms with van der Waals surface area (Å²) in [6.45, 7) is 8.42. The molecule has 0 heterocycles. The third-order valence-electron chi connectivity index (χ3n) is 3.62. The van der Waals surface area contributed by atoms with Gasteiger partial charge in [-0.2, -0.15) is 0 Å². The number of nitrogens with zero attached hydrogens (tertiary/aromatic N) is 1. The van der Waals surface area contributed by atoms with Crippen LogP contribution in [-0.4, -0.2) is 13.1 Å². The van der Waals surface area contributed by atoms with E-state index in [2.05, 4.69) is 78.7 Å². The molecule has 2 aromatic rings. The van der Waals surface area contributed by atoms with E-state index in [-0.39, 0.29) is 0 Å². The first-order chi connectivity index (χ1) is 10.3. The molecule has 2 nitrogen and oxygen atoms in total. The maximum Gasteiger partial charge on any atom is 0.0429 e. The van der Waals surface area contributed by atoms with Crippen LogP contribution in [0.1, 0.15) is 31.4 Å². The zero-order chi connectivity index (χ0) is 14.9. The zero-order valence-electron chi connectivity index (χ0n) is 13.2. The molecule has 0 amide bonds. The number of benzene rings is 2. The van der Waals surface area contributed by atoms with Gasteiger partial charge in [-0.25, -0.2) is 0 Å². The molecule has 0 aliphatic carbocycles. The number of rotatable bonds is 8. The molecule has 0 saturated heterocycles. The molecule has 0 radical (unpaired) electrons. The van der Waals surface area contributed by atoms with Crippen LogP contribution in [0.5, 0.6) is 0 Å². The van der Waals surface area contributed by atoms with E-state index in [4.69, 9.17) is 0 Å². The minimum Gasteiger partial charge on any atom is -0.367 e. The molecular weight excluding hydrogens is 256 g/mol. The van der Waals surface area contributed by atoms with Crippen molar-refractivity contribution in [2.24, 2.45) is 0 Å². The summed E-state index contributed by atoms with van der Waals surface area (Å²) in [5.41, 5.74) is 4.02. The van der Waals surface area contributed by atoms with Crippen molar-refractivity contribution in [1.29, 1.82) is 0 Å². The van der Waals surface area contributed by atoms with Crippen molar-refractivity contribution >= 4 is 5.69 Å². The van der Waals surface area contributed by atoms with Crippen molar-refractivity contribution in [2.45, 2.75) is 33.4 Å². The van der Waals surface area contributed by atoms with Gasteiger partial charge < -0.3 is 10.2 Å². The predicted octanol–water partition coefficient (Wildman–Crippen LogP) is 4.21. The molecule has 0 unspecified atom stereocenters. The van der Waals surface area contributed by atoms with Gasteiger partial charge in [0.15, 0.2) is 0 Å². The fourth-order valence-electron chi connectivity index (χ4n) is 2.49. The second-order valence-electron chi connectivity index (χ2n) is 5.35. The average Bonchev–Trinajstić information content (AvgIpc) is 2.54. The molecular formula is C19H26N2. The SMILES string of the molecule is CCCNCc1cccc(CN(CC)c2ccccc2)c1. The Balaban J connectivity index is 2.02. The van der Waals surface area contributed by atoms with Crippen LogP contribution in [0, 0.1) is 0 Å². The largest absolute Gasteiger partial charge is 0.367 e. The summed E-state index contributed by atoms with van der Waals surface area (Å²) in [5.74, 6) is 0. The van der Waals surface area contributed by atoms with Gasteiger partial charge in [0.25, 0.3) is 0 Å². The fourth-order valence-corrected chi connectivity index (χ4v) is 2.49. The Morgan fingerprint density at radius 3 is 2.38 bits per heavy atom. The molecule has 0 bridgehead atoms. The maximum atomic E-state index is 3.46. The Kier molecular flexibility index (Phi) is 6.29. The highest BCUT2D eigenvalue weighted by Crippen LogP contribution is 2.17. The molecule has 2 heteroatoms. The van der Waals surface area contributed by atoms with Crippen LogP contribution < -0.4 is 10.2 Å². The first-order valence-electron chi connectivity index (χ1n) is 7.92. The Hall–Kier alpha value is -1.80. The lowest BCUT2D eigenvalue weighted by Crippen LogP contribution is -2.22. The van der Waals surface area contributed by atoms with E-state index < -0.39 is 0 Å². The molecule has 0 aliphatic rings. The van der Waals surface area contributed by atoms with Gasteiger partial charge in [0, 0.05) is 25.3 Å². The summed E-state index contributed by atoms with van der Waals surface area (Å²) in [6.07, 6.45) is 1.18. The predicted molar refractivity (Wildman–Crippen MR) is 91.6 cm³/mol. The minimum absolute atomic E-state index is 0.957. The quantitative estimate of drug-likeness (QED) is 0.730. The van der Waals surface area contributed by atoms with Gasteiger partial charge in [-0.05, 0) is 43.1 Å². The fraction of sp³-hybridized carbons (Fsp3) is 0.368. The maximum absolute atomic E-state index is 3.46. The number of para-hydroxylation sites is 1. The van der Waals surface area contributed by atoms with Crippen molar-refractivity contribution in [3.8, 4) is 0 Å². The van der Waals surface area contributed by atoms with E-state index in [1.165, 1.54) is 23.2 Å². The second kappa shape index (κ2) is 8.48. The van der Waals surface area contributed by atoms with Gasteiger partial charge in [0.1, 0.15) is 0 Å². The number of nitrogens with one attached hydrogen (secondary N) is 1. The van der Waals surface area contributed by atoms with E-state index in [0.29, 0.717) is 0 Å². The van der Waals surface area contributed by atoms with Gasteiger partial charge in [-0.1, -0.05) is 49.4 Å². The lowest BCUT2D eigenvalue weighted by Gasteiger charge is -2.23. The van der Waals surface area contributed by atoms with Crippen LogP contribution in [0.15, 0.2) is 54.6 Å². The molecule has 21 heavy (non-hydrogen) atoms. The van der Waals surface area contributed by atoms with E-state index in [1.807, 2.05) is 0 Å². The highest BCUT2D eigenvalue weighted by molar-refractivity contribution is 5.46. The van der Waals surface area contributed by atoms with E-state index >= 15 is 0 Å². The van der Waals surface area contributed by atoms with Crippen molar-refractivity contribution in [1.82, 2.24) is 5.32 Å². The molecule has 0 fully saturated rings. The third kappa shape index (κ3) is 4.91. The molecule has 2 rings (SSSR count). The van der Waals surface area contributed by atoms with Gasteiger partial charge in [-0.15, -0.1) is 0 Å². The number of anilines is 1. The van der Waals surface area contributed by atoms with Gasteiger partial charge >= 0.3 is 0 Å². The Bertz CT molecular complexity index is 522. The van der Waals surface area contributed by atoms with Gasteiger partial charge in [0.05, 0.1) is 0 Å². The summed E-state index contributed by atoms with van der Waals surface area (Å²) in [4.78, 5) is 2.40. The number of hydrogen-bond acceptors (Lipinski definition) is 2. The lowest BCUT2D eigenvalue weighted by molar-refractivity contribution is 0.674. The Labute approximate surface area is 128 Å². The van der Waals surface area contributed by atoms with Crippen LogP contribution in [0.3, 0.4) is 0 Å². The topological polar surface area (TPSA) is 15.3 Å². The van der Waals surface area contributed by atoms with E-state index in [9.17, 15) is 0 Å². The van der Waals surface area contributed by atoms with Gasteiger partial charge in [-0.3, -0.25) is 0 Å². The summed E-state index contributed by atoms with van der Waals surface area (Å²) in [7, 11) is 0. The molecule has 2 aromatic carbocycles. The summed E-state index contributed by atoms with van der Waals surface area (Å²) < 4.78 is 0. The molecule has 0 aliphatic heterocycles. The molecule has 0 saturated carbocycles. The monoisotopic (exact) mass is 282 g/mol. The first-order valence-corrected chi connectivity index (χ1v) is 7.92. The van der Waals surface area contributed by atoms with E-state index in [0.717, 1.165) is 26.2 Å². The molecule has 1 N–H and O–H groups in total. The van der Waals surface area contributed by atoms with Crippen LogP contribution in [0.2, 0.25) is 0 Å². The molecule has 0 aromatic heterocycles. The van der Waals surface area contributed by atoms with E-state index in [1.54, 1.807) is 0 Å². The first kappa shape index (κ1) is 15.6. The van der Waals surface area contributed by atoms with Crippen molar-refractivity contribution in [2.75, 3.05) is 18.0 Å². The number of hydrogen-bond donors (Lipinski definition) is 1. The molecule has 0 atom stereocenters. The van der Waals surface area contributed by atoms with Crippen LogP contribution in [0.25, 0.3) is 0 Å². The highest BCUT2D eigenvalue weighted by atomic mass is 15.1. The van der Waals surface area contributed by atoms with Crippen molar-refractivity contribution < 1.29 is 0 Å². The smallest absolute Gasteiger partial charge is 0.0429 e. The van der Waals surface area contributed by atoms with Crippen LogP contribution in [-0.2, 0) is 13.1 Å². The van der Waals surface area contributed by atoms with Crippen molar-refractivity contribution in [3.05, 3.63) is 65.7 Å². The van der Waals surface area contributed by atoms with Gasteiger partial charge in [0.2, 0.25) is 0 Å². The standard InChI is InChI=1S/C19H26N2/c1-3-13-20-15-17-9-8-10-18(14-17)16-21(4-2)19-11-6-5-7-12-19/h5-12,14,20H,3-4,13,15-16H2,1-2H3. The van der Waals surface area contributed by atoms with Crippen LogP contribution in [0.4, 0.5) is 5.69 Å². The normalized spacial score (nSPS) is 10.6. The zero-order valence-corrected chi connectivity index (χ0v) is 13.2. The lowest BCUT2D eigenvalue weighted by atomic mass is 10.1. The molecule has 0 spiro atoms. The van der Waals surface area contributed by atoms with Crippen LogP contribution >= 0.6 is 0 Å². The average molecular weight is 282 g/mol. The summed E-state index contributed by atoms with van der Waals surface area (Å²) in [6, 6.07) is 19.5.